The number of benzene rings is 1. The van der Waals surface area contributed by atoms with Gasteiger partial charge in [-0.05, 0) is 18.4 Å². The number of nitrogens with one attached hydrogen (secondary N) is 2. The second-order valence-electron chi connectivity index (χ2n) is 5.05. The van der Waals surface area contributed by atoms with Crippen LogP contribution in [0.5, 0.6) is 0 Å². The van der Waals surface area contributed by atoms with E-state index in [4.69, 9.17) is 0 Å². The number of ketones is 1. The molecule has 108 valence electrons. The van der Waals surface area contributed by atoms with E-state index < -0.39 is 11.0 Å². The maximum absolute atomic E-state index is 12.2. The van der Waals surface area contributed by atoms with Crippen molar-refractivity contribution in [1.82, 2.24) is 10.6 Å². The molecule has 1 aliphatic carbocycles. The minimum atomic E-state index is -0.624. The predicted octanol–water partition coefficient (Wildman–Crippen LogP) is 1.96. The minimum Gasteiger partial charge on any atom is -0.327 e. The zero-order valence-corrected chi connectivity index (χ0v) is 11.1. The lowest BCUT2D eigenvalue weighted by Gasteiger charge is -2.32. The van der Waals surface area contributed by atoms with Crippen molar-refractivity contribution in [2.75, 3.05) is 0 Å². The first-order valence-corrected chi connectivity index (χ1v) is 6.64. The van der Waals surface area contributed by atoms with Crippen molar-refractivity contribution in [3.05, 3.63) is 51.2 Å². The molecule has 2 aliphatic rings. The first kappa shape index (κ1) is 13.3. The van der Waals surface area contributed by atoms with Crippen molar-refractivity contribution in [3.63, 3.8) is 0 Å². The number of rotatable bonds is 2. The maximum Gasteiger partial charge on any atom is 0.319 e. The average molecular weight is 287 g/mol. The number of nitrogens with zero attached hydrogens (tertiary/aromatic N) is 1. The van der Waals surface area contributed by atoms with E-state index in [1.807, 2.05) is 0 Å². The summed E-state index contributed by atoms with van der Waals surface area (Å²) in [5.41, 5.74) is 1.63. The van der Waals surface area contributed by atoms with Crippen molar-refractivity contribution in [2.24, 2.45) is 0 Å². The van der Waals surface area contributed by atoms with E-state index >= 15 is 0 Å². The fourth-order valence-corrected chi connectivity index (χ4v) is 2.77. The third-order valence-electron chi connectivity index (χ3n) is 3.70. The SMILES string of the molecule is O=C1NC2=C(C(=O)CCC2)[C@H](c2cccc([N+](=O)[O-])c2)N1. The number of hydrogen-bond donors (Lipinski definition) is 2. The van der Waals surface area contributed by atoms with Crippen LogP contribution < -0.4 is 10.6 Å². The number of urea groups is 1. The molecule has 1 aromatic rings. The highest BCUT2D eigenvalue weighted by Gasteiger charge is 2.34. The largest absolute Gasteiger partial charge is 0.327 e. The third-order valence-corrected chi connectivity index (χ3v) is 3.70. The highest BCUT2D eigenvalue weighted by molar-refractivity contribution is 6.00. The molecule has 21 heavy (non-hydrogen) atoms. The molecule has 2 N–H and O–H groups in total. The number of allylic oxidation sites excluding steroid dienone is 1. The monoisotopic (exact) mass is 287 g/mol. The number of carbonyl (C=O) groups excluding carboxylic acids is 2. The molecule has 0 saturated heterocycles. The smallest absolute Gasteiger partial charge is 0.319 e. The summed E-state index contributed by atoms with van der Waals surface area (Å²) in [6.45, 7) is 0. The van der Waals surface area contributed by atoms with Gasteiger partial charge in [0.2, 0.25) is 0 Å². The average Bonchev–Trinajstić information content (AvgIpc) is 2.46. The van der Waals surface area contributed by atoms with Crippen LogP contribution in [0.15, 0.2) is 35.5 Å². The van der Waals surface area contributed by atoms with Crippen molar-refractivity contribution >= 4 is 17.5 Å². The summed E-state index contributed by atoms with van der Waals surface area (Å²) in [4.78, 5) is 34.3. The molecular weight excluding hydrogens is 274 g/mol. The van der Waals surface area contributed by atoms with Crippen LogP contribution in [0, 0.1) is 10.1 Å². The van der Waals surface area contributed by atoms with E-state index in [1.54, 1.807) is 12.1 Å². The van der Waals surface area contributed by atoms with Gasteiger partial charge in [0.15, 0.2) is 5.78 Å². The lowest BCUT2D eigenvalue weighted by Crippen LogP contribution is -2.46. The Bertz CT molecular complexity index is 681. The zero-order valence-electron chi connectivity index (χ0n) is 11.1. The Labute approximate surface area is 120 Å². The van der Waals surface area contributed by atoms with Gasteiger partial charge in [-0.3, -0.25) is 14.9 Å². The van der Waals surface area contributed by atoms with Gasteiger partial charge in [-0.25, -0.2) is 4.79 Å². The van der Waals surface area contributed by atoms with Crippen LogP contribution in [-0.4, -0.2) is 16.7 Å². The van der Waals surface area contributed by atoms with E-state index in [2.05, 4.69) is 10.6 Å². The van der Waals surface area contributed by atoms with Crippen molar-refractivity contribution in [1.29, 1.82) is 0 Å². The Morgan fingerprint density at radius 2 is 2.05 bits per heavy atom. The number of hydrogen-bond acceptors (Lipinski definition) is 4. The minimum absolute atomic E-state index is 0.0275. The standard InChI is InChI=1S/C14H13N3O4/c18-11-6-2-5-10-12(11)13(16-14(19)15-10)8-3-1-4-9(7-8)17(20)21/h1,3-4,7,13H,2,5-6H2,(H2,15,16,19)/t13-/m0/s1. The van der Waals surface area contributed by atoms with Gasteiger partial charge in [-0.15, -0.1) is 0 Å². The molecule has 7 nitrogen and oxygen atoms in total. The molecule has 1 aliphatic heterocycles. The molecule has 0 aromatic heterocycles. The predicted molar refractivity (Wildman–Crippen MR) is 73.4 cm³/mol. The maximum atomic E-state index is 12.2. The van der Waals surface area contributed by atoms with E-state index in [-0.39, 0.29) is 17.5 Å². The Morgan fingerprint density at radius 3 is 2.81 bits per heavy atom. The number of non-ortho nitro benzene ring substituents is 1. The Morgan fingerprint density at radius 1 is 1.24 bits per heavy atom. The lowest BCUT2D eigenvalue weighted by atomic mass is 9.85. The van der Waals surface area contributed by atoms with Crippen LogP contribution >= 0.6 is 0 Å². The van der Waals surface area contributed by atoms with Crippen molar-refractivity contribution < 1.29 is 14.5 Å². The highest BCUT2D eigenvalue weighted by atomic mass is 16.6. The molecule has 0 bridgehead atoms. The van der Waals surface area contributed by atoms with Crippen molar-refractivity contribution in [3.8, 4) is 0 Å². The normalized spacial score (nSPS) is 21.4. The summed E-state index contributed by atoms with van der Waals surface area (Å²) in [6.07, 6.45) is 1.78. The van der Waals surface area contributed by atoms with E-state index in [1.165, 1.54) is 12.1 Å². The van der Waals surface area contributed by atoms with Crippen LogP contribution in [0.3, 0.4) is 0 Å². The Balaban J connectivity index is 2.07. The summed E-state index contributed by atoms with van der Waals surface area (Å²) in [7, 11) is 0. The molecule has 0 radical (unpaired) electrons. The molecule has 7 heteroatoms. The number of amides is 2. The molecule has 1 atom stereocenters. The molecule has 1 heterocycles. The van der Waals surface area contributed by atoms with Gasteiger partial charge >= 0.3 is 6.03 Å². The van der Waals surface area contributed by atoms with Gasteiger partial charge in [0.1, 0.15) is 0 Å². The molecule has 3 rings (SSSR count). The zero-order chi connectivity index (χ0) is 15.0. The fraction of sp³-hybridized carbons (Fsp3) is 0.286. The fourth-order valence-electron chi connectivity index (χ4n) is 2.77. The van der Waals surface area contributed by atoms with Crippen LogP contribution in [0.1, 0.15) is 30.9 Å². The molecule has 2 amide bonds. The summed E-state index contributed by atoms with van der Waals surface area (Å²) in [6, 6.07) is 4.99. The topological polar surface area (TPSA) is 101 Å². The number of nitro groups is 1. The first-order chi connectivity index (χ1) is 10.1. The van der Waals surface area contributed by atoms with Gasteiger partial charge in [0, 0.05) is 29.8 Å². The molecule has 0 unspecified atom stereocenters. The second-order valence-corrected chi connectivity index (χ2v) is 5.05. The van der Waals surface area contributed by atoms with E-state index in [9.17, 15) is 19.7 Å². The molecule has 1 aromatic carbocycles. The molecular formula is C14H13N3O4. The number of carbonyl (C=O) groups is 2. The van der Waals surface area contributed by atoms with Gasteiger partial charge in [-0.2, -0.15) is 0 Å². The molecule has 0 fully saturated rings. The first-order valence-electron chi connectivity index (χ1n) is 6.64. The molecule has 0 spiro atoms. The van der Waals surface area contributed by atoms with Gasteiger partial charge in [-0.1, -0.05) is 12.1 Å². The van der Waals surface area contributed by atoms with Crippen LogP contribution in [0.2, 0.25) is 0 Å². The van der Waals surface area contributed by atoms with Crippen LogP contribution in [0.4, 0.5) is 10.5 Å². The lowest BCUT2D eigenvalue weighted by molar-refractivity contribution is -0.384. The van der Waals surface area contributed by atoms with Gasteiger partial charge in [0.25, 0.3) is 5.69 Å². The summed E-state index contributed by atoms with van der Waals surface area (Å²) >= 11 is 0. The van der Waals surface area contributed by atoms with E-state index in [0.29, 0.717) is 36.1 Å². The summed E-state index contributed by atoms with van der Waals surface area (Å²) in [5, 5.41) is 16.2. The summed E-state index contributed by atoms with van der Waals surface area (Å²) < 4.78 is 0. The van der Waals surface area contributed by atoms with Crippen molar-refractivity contribution in [2.45, 2.75) is 25.3 Å². The Hall–Kier alpha value is -2.70. The number of nitro benzene ring substituents is 1. The second kappa shape index (κ2) is 5.01. The van der Waals surface area contributed by atoms with E-state index in [0.717, 1.165) is 0 Å². The third kappa shape index (κ3) is 2.37. The van der Waals surface area contributed by atoms with Gasteiger partial charge < -0.3 is 10.6 Å². The molecule has 0 saturated carbocycles. The summed E-state index contributed by atoms with van der Waals surface area (Å²) in [5.74, 6) is -0.0275. The quantitative estimate of drug-likeness (QED) is 0.641. The van der Waals surface area contributed by atoms with Crippen LogP contribution in [-0.2, 0) is 4.79 Å². The van der Waals surface area contributed by atoms with Crippen LogP contribution in [0.25, 0.3) is 0 Å². The van der Waals surface area contributed by atoms with Gasteiger partial charge in [0.05, 0.1) is 11.0 Å². The highest BCUT2D eigenvalue weighted by Crippen LogP contribution is 2.34. The number of Topliss-reactive ketones (excluding diaryl/α,β-unsaturated/α-hetero) is 1. The Kier molecular flexibility index (Phi) is 3.17.